The summed E-state index contributed by atoms with van der Waals surface area (Å²) in [6.45, 7) is 7.11. The van der Waals surface area contributed by atoms with Gasteiger partial charge in [0.05, 0.1) is 6.61 Å². The van der Waals surface area contributed by atoms with E-state index < -0.39 is 0 Å². The van der Waals surface area contributed by atoms with Gasteiger partial charge in [-0.1, -0.05) is 40.0 Å². The Hall–Kier alpha value is 1.11. The normalized spacial score (nSPS) is 9.87. The molecular formula is C12H25KO2. The van der Waals surface area contributed by atoms with Gasteiger partial charge in [0.25, 0.3) is 0 Å². The van der Waals surface area contributed by atoms with Gasteiger partial charge in [0.1, 0.15) is 0 Å². The Morgan fingerprint density at radius 1 is 1.20 bits per heavy atom. The third-order valence-electron chi connectivity index (χ3n) is 2.17. The van der Waals surface area contributed by atoms with Crippen molar-refractivity contribution in [1.29, 1.82) is 0 Å². The van der Waals surface area contributed by atoms with Crippen molar-refractivity contribution in [3.05, 3.63) is 0 Å². The molecule has 0 N–H and O–H groups in total. The summed E-state index contributed by atoms with van der Waals surface area (Å²) in [5, 5.41) is 0. The van der Waals surface area contributed by atoms with Crippen LogP contribution in [0.3, 0.4) is 0 Å². The first-order valence-electron chi connectivity index (χ1n) is 5.82. The molecule has 86 valence electrons. The Bertz CT molecular complexity index is 147. The van der Waals surface area contributed by atoms with Crippen molar-refractivity contribution >= 4 is 57.4 Å². The molecule has 0 radical (unpaired) electrons. The molecule has 0 unspecified atom stereocenters. The number of rotatable bonds is 8. The standard InChI is InChI=1S/C12H24O2.K.H/c1-4-5-10-14-12(13)9-7-6-8-11(2)3;;/h11H,4-10H2,1-3H3;;. The number of ether oxygens (including phenoxy) is 1. The minimum absolute atomic E-state index is 0. The van der Waals surface area contributed by atoms with Gasteiger partial charge in [0.15, 0.2) is 0 Å². The van der Waals surface area contributed by atoms with Gasteiger partial charge in [-0.15, -0.1) is 0 Å². The summed E-state index contributed by atoms with van der Waals surface area (Å²) < 4.78 is 5.05. The van der Waals surface area contributed by atoms with Gasteiger partial charge in [0, 0.05) is 6.42 Å². The number of hydrogen-bond donors (Lipinski definition) is 0. The van der Waals surface area contributed by atoms with Crippen LogP contribution in [0.2, 0.25) is 0 Å². The molecule has 0 saturated carbocycles. The molecule has 0 aliphatic rings. The first-order chi connectivity index (χ1) is 6.66. The fraction of sp³-hybridized carbons (Fsp3) is 0.917. The van der Waals surface area contributed by atoms with Crippen LogP contribution in [-0.2, 0) is 9.53 Å². The Kier molecular flexibility index (Phi) is 16.2. The molecule has 15 heavy (non-hydrogen) atoms. The number of carbonyl (C=O) groups excluding carboxylic acids is 1. The molecule has 0 bridgehead atoms. The van der Waals surface area contributed by atoms with Crippen LogP contribution in [0, 0.1) is 5.92 Å². The Morgan fingerprint density at radius 2 is 1.87 bits per heavy atom. The van der Waals surface area contributed by atoms with E-state index in [1.165, 1.54) is 6.42 Å². The van der Waals surface area contributed by atoms with Crippen LogP contribution < -0.4 is 0 Å². The van der Waals surface area contributed by atoms with E-state index in [2.05, 4.69) is 20.8 Å². The fourth-order valence-electron chi connectivity index (χ4n) is 1.22. The van der Waals surface area contributed by atoms with Crippen LogP contribution in [0.1, 0.15) is 59.3 Å². The first kappa shape index (κ1) is 18.5. The predicted molar refractivity (Wildman–Crippen MR) is 66.3 cm³/mol. The summed E-state index contributed by atoms with van der Waals surface area (Å²) in [4.78, 5) is 11.1. The van der Waals surface area contributed by atoms with E-state index in [1.54, 1.807) is 0 Å². The summed E-state index contributed by atoms with van der Waals surface area (Å²) in [5.41, 5.74) is 0. The zero-order chi connectivity index (χ0) is 10.8. The summed E-state index contributed by atoms with van der Waals surface area (Å²) >= 11 is 0. The van der Waals surface area contributed by atoms with Crippen molar-refractivity contribution in [3.8, 4) is 0 Å². The molecule has 0 aromatic carbocycles. The van der Waals surface area contributed by atoms with Gasteiger partial charge in [-0.2, -0.15) is 0 Å². The molecule has 0 aromatic rings. The van der Waals surface area contributed by atoms with Crippen molar-refractivity contribution in [3.63, 3.8) is 0 Å². The van der Waals surface area contributed by atoms with Crippen LogP contribution in [0.15, 0.2) is 0 Å². The second-order valence-electron chi connectivity index (χ2n) is 4.21. The second-order valence-corrected chi connectivity index (χ2v) is 4.21. The van der Waals surface area contributed by atoms with Gasteiger partial charge >= 0.3 is 57.4 Å². The van der Waals surface area contributed by atoms with Crippen LogP contribution in [0.5, 0.6) is 0 Å². The summed E-state index contributed by atoms with van der Waals surface area (Å²) in [6, 6.07) is 0. The van der Waals surface area contributed by atoms with Crippen molar-refractivity contribution < 1.29 is 9.53 Å². The molecule has 0 amide bonds. The van der Waals surface area contributed by atoms with Crippen molar-refractivity contribution in [2.75, 3.05) is 6.61 Å². The summed E-state index contributed by atoms with van der Waals surface area (Å²) in [6.07, 6.45) is 5.99. The quantitative estimate of drug-likeness (QED) is 0.370. The van der Waals surface area contributed by atoms with Crippen molar-refractivity contribution in [2.24, 2.45) is 5.92 Å². The van der Waals surface area contributed by atoms with E-state index in [4.69, 9.17) is 4.74 Å². The molecule has 0 spiro atoms. The number of unbranched alkanes of at least 4 members (excludes halogenated alkanes) is 2. The maximum atomic E-state index is 11.1. The summed E-state index contributed by atoms with van der Waals surface area (Å²) in [5.74, 6) is 0.716. The Morgan fingerprint density at radius 3 is 2.40 bits per heavy atom. The first-order valence-corrected chi connectivity index (χ1v) is 5.82. The number of esters is 1. The van der Waals surface area contributed by atoms with Gasteiger partial charge in [-0.05, 0) is 18.8 Å². The van der Waals surface area contributed by atoms with Crippen molar-refractivity contribution in [1.82, 2.24) is 0 Å². The van der Waals surface area contributed by atoms with E-state index in [1.807, 2.05) is 0 Å². The molecule has 0 atom stereocenters. The molecule has 3 heteroatoms. The number of carbonyl (C=O) groups is 1. The zero-order valence-corrected chi connectivity index (χ0v) is 9.84. The van der Waals surface area contributed by atoms with Gasteiger partial charge in [0.2, 0.25) is 0 Å². The average molecular weight is 240 g/mol. The molecular weight excluding hydrogens is 215 g/mol. The topological polar surface area (TPSA) is 26.3 Å². The molecule has 0 rings (SSSR count). The fourth-order valence-corrected chi connectivity index (χ4v) is 1.22. The third kappa shape index (κ3) is 15.1. The Labute approximate surface area is 137 Å². The van der Waals surface area contributed by atoms with E-state index in [-0.39, 0.29) is 57.4 Å². The van der Waals surface area contributed by atoms with E-state index in [0.29, 0.717) is 13.0 Å². The summed E-state index contributed by atoms with van der Waals surface area (Å²) in [7, 11) is 0. The maximum absolute atomic E-state index is 11.1. The molecule has 0 heterocycles. The minimum atomic E-state index is -0.0257. The molecule has 0 fully saturated rings. The van der Waals surface area contributed by atoms with Crippen LogP contribution in [0.25, 0.3) is 0 Å². The van der Waals surface area contributed by atoms with Crippen molar-refractivity contribution in [2.45, 2.75) is 59.3 Å². The SMILES string of the molecule is CCCCOC(=O)CCCCC(C)C.[KH]. The molecule has 0 aliphatic heterocycles. The van der Waals surface area contributed by atoms with E-state index in [0.717, 1.165) is 31.6 Å². The van der Waals surface area contributed by atoms with E-state index in [9.17, 15) is 4.79 Å². The average Bonchev–Trinajstić information content (AvgIpc) is 2.13. The number of hydrogen-bond acceptors (Lipinski definition) is 2. The molecule has 0 aliphatic carbocycles. The predicted octanol–water partition coefficient (Wildman–Crippen LogP) is 2.90. The third-order valence-corrected chi connectivity index (χ3v) is 2.17. The van der Waals surface area contributed by atoms with Crippen LogP contribution in [-0.4, -0.2) is 64.0 Å². The van der Waals surface area contributed by atoms with Gasteiger partial charge in [-0.3, -0.25) is 4.79 Å². The Balaban J connectivity index is 0. The molecule has 0 saturated heterocycles. The zero-order valence-electron chi connectivity index (χ0n) is 9.84. The van der Waals surface area contributed by atoms with Gasteiger partial charge in [-0.25, -0.2) is 0 Å². The van der Waals surface area contributed by atoms with Crippen LogP contribution in [0.4, 0.5) is 0 Å². The van der Waals surface area contributed by atoms with Crippen LogP contribution >= 0.6 is 0 Å². The monoisotopic (exact) mass is 240 g/mol. The second kappa shape index (κ2) is 13.2. The molecule has 2 nitrogen and oxygen atoms in total. The van der Waals surface area contributed by atoms with E-state index >= 15 is 0 Å². The molecule has 0 aromatic heterocycles. The van der Waals surface area contributed by atoms with Gasteiger partial charge < -0.3 is 4.74 Å².